The average Bonchev–Trinajstić information content (AvgIpc) is 3.40. The number of H-pyrrole nitrogens is 1. The maximum atomic E-state index is 13.6. The zero-order valence-electron chi connectivity index (χ0n) is 21.2. The van der Waals surface area contributed by atoms with E-state index in [1.165, 1.54) is 0 Å². The molecule has 200 valence electrons. The Morgan fingerprint density at radius 3 is 2.20 bits per heavy atom. The molecular weight excluding hydrogens is 518 g/mol. The van der Waals surface area contributed by atoms with E-state index in [1.807, 2.05) is 13.0 Å². The highest BCUT2D eigenvalue weighted by Gasteiger charge is 2.53. The van der Waals surface area contributed by atoms with Crippen molar-refractivity contribution >= 4 is 28.4 Å². The highest BCUT2D eigenvalue weighted by molar-refractivity contribution is 5.94. The molecule has 1 spiro atoms. The van der Waals surface area contributed by atoms with E-state index < -0.39 is 76.6 Å². The number of methoxy groups -OCH3 is 1. The fourth-order valence-electron chi connectivity index (χ4n) is 6.13. The number of hydrogen-bond acceptors (Lipinski definition) is 9. The molecule has 0 unspecified atom stereocenters. The summed E-state index contributed by atoms with van der Waals surface area (Å²) in [5, 5.41) is 32.0. The van der Waals surface area contributed by atoms with Crippen molar-refractivity contribution in [3.05, 3.63) is 125 Å². The Balaban J connectivity index is 1.75. The molecule has 10 nitrogen and oxygen atoms in total. The second-order valence-corrected chi connectivity index (χ2v) is 9.83. The lowest BCUT2D eigenvalue weighted by Crippen LogP contribution is -2.51. The summed E-state index contributed by atoms with van der Waals surface area (Å²) in [6.45, 7) is 1.84. The topological polar surface area (TPSA) is 171 Å². The quantitative estimate of drug-likeness (QED) is 0.264. The number of phenolic OH excluding ortho intramolecular Hbond substituents is 1. The van der Waals surface area contributed by atoms with Gasteiger partial charge in [0.05, 0.1) is 33.4 Å². The number of allylic oxidation sites excluding steroid dienone is 3. The number of aromatic amines is 1. The third kappa shape index (κ3) is 2.95. The van der Waals surface area contributed by atoms with Crippen LogP contribution in [0.5, 0.6) is 11.5 Å². The number of fused-ring (bicyclic) bond motifs is 4. The molecule has 0 aliphatic heterocycles. The van der Waals surface area contributed by atoms with Crippen LogP contribution >= 0.6 is 0 Å². The van der Waals surface area contributed by atoms with Gasteiger partial charge in [-0.05, 0) is 42.9 Å². The summed E-state index contributed by atoms with van der Waals surface area (Å²) in [4.78, 5) is 68.4. The summed E-state index contributed by atoms with van der Waals surface area (Å²) < 4.78 is 4.89. The first kappa shape index (κ1) is 25.1. The van der Waals surface area contributed by atoms with Gasteiger partial charge in [-0.2, -0.15) is 0 Å². The zero-order chi connectivity index (χ0) is 28.7. The second kappa shape index (κ2) is 8.37. The van der Waals surface area contributed by atoms with Crippen LogP contribution in [-0.2, 0) is 11.8 Å². The van der Waals surface area contributed by atoms with Crippen molar-refractivity contribution in [2.24, 2.45) is 0 Å². The summed E-state index contributed by atoms with van der Waals surface area (Å²) in [5.74, 6) is -2.44. The maximum absolute atomic E-state index is 13.6. The van der Waals surface area contributed by atoms with Crippen molar-refractivity contribution in [1.82, 2.24) is 4.98 Å². The van der Waals surface area contributed by atoms with E-state index in [0.717, 1.165) is 13.2 Å². The van der Waals surface area contributed by atoms with Crippen LogP contribution in [0.4, 0.5) is 0 Å². The largest absolute Gasteiger partial charge is 0.510 e. The lowest BCUT2D eigenvalue weighted by atomic mass is 9.78. The first-order chi connectivity index (χ1) is 19.1. The molecule has 1 aromatic carbocycles. The van der Waals surface area contributed by atoms with Crippen molar-refractivity contribution < 1.29 is 20.1 Å². The van der Waals surface area contributed by atoms with Crippen LogP contribution in [0.3, 0.4) is 0 Å². The van der Waals surface area contributed by atoms with Crippen LogP contribution in [0.1, 0.15) is 30.2 Å². The van der Waals surface area contributed by atoms with E-state index in [9.17, 15) is 39.3 Å². The molecule has 2 aromatic rings. The van der Waals surface area contributed by atoms with E-state index in [4.69, 9.17) is 4.74 Å². The molecule has 0 amide bonds. The fourth-order valence-corrected chi connectivity index (χ4v) is 6.13. The minimum atomic E-state index is -1.93. The van der Waals surface area contributed by atoms with Crippen molar-refractivity contribution in [2.75, 3.05) is 7.11 Å². The maximum Gasteiger partial charge on any atom is 0.260 e. The van der Waals surface area contributed by atoms with Gasteiger partial charge in [0, 0.05) is 17.3 Å². The van der Waals surface area contributed by atoms with Gasteiger partial charge >= 0.3 is 0 Å². The van der Waals surface area contributed by atoms with Crippen molar-refractivity contribution in [3.63, 3.8) is 0 Å². The van der Waals surface area contributed by atoms with Gasteiger partial charge < -0.3 is 25.0 Å². The number of aliphatic hydroxyl groups is 2. The number of aliphatic hydroxyl groups excluding tert-OH is 2. The number of rotatable bonds is 3. The highest BCUT2D eigenvalue weighted by Crippen LogP contribution is 2.54. The molecule has 40 heavy (non-hydrogen) atoms. The monoisotopic (exact) mass is 539 g/mol. The lowest BCUT2D eigenvalue weighted by Gasteiger charge is -2.27. The predicted octanol–water partition coefficient (Wildman–Crippen LogP) is 0.103. The van der Waals surface area contributed by atoms with Crippen molar-refractivity contribution in [2.45, 2.75) is 25.2 Å². The number of ether oxygens (including phenoxy) is 1. The number of phenols is 1. The molecule has 0 fully saturated rings. The van der Waals surface area contributed by atoms with Gasteiger partial charge in [-0.25, -0.2) is 0 Å². The highest BCUT2D eigenvalue weighted by atomic mass is 16.5. The number of pyridine rings is 1. The number of benzene rings is 1. The Hall–Kier alpha value is -5.25. The standard InChI is InChI=1S/C30H21NO9/c1-3-4-5-6-14-10-13-9-12-7-8-30(22(12)26(36)17(13)29(39)31-14)27(37)20-21(28(30)38)25(35)19-18(24(20)34)15(32)11-16(40-2)23(19)33/h3-6,9-11,36-38H,7-8H2,1-2H3,(H,31,39)/b4-3+,6-5+/t30-/m1/s1. The van der Waals surface area contributed by atoms with Crippen LogP contribution in [0.15, 0.2) is 60.4 Å². The van der Waals surface area contributed by atoms with Gasteiger partial charge in [0.1, 0.15) is 22.7 Å². The minimum absolute atomic E-state index is 0.0287. The Morgan fingerprint density at radius 2 is 1.55 bits per heavy atom. The molecular formula is C30H21NO9. The molecule has 4 N–H and O–H groups in total. The summed E-state index contributed by atoms with van der Waals surface area (Å²) >= 11 is 0. The van der Waals surface area contributed by atoms with Crippen molar-refractivity contribution in [1.29, 1.82) is 0 Å². The molecule has 1 atom stereocenters. The second-order valence-electron chi connectivity index (χ2n) is 9.83. The van der Waals surface area contributed by atoms with Crippen LogP contribution in [0.2, 0.25) is 0 Å². The van der Waals surface area contributed by atoms with Crippen LogP contribution in [0.25, 0.3) is 28.4 Å². The Bertz CT molecular complexity index is 2360. The molecule has 0 bridgehead atoms. The lowest BCUT2D eigenvalue weighted by molar-refractivity contribution is 0.362. The molecule has 0 saturated carbocycles. The normalized spacial score (nSPS) is 18.1. The van der Waals surface area contributed by atoms with E-state index in [0.29, 0.717) is 16.6 Å². The van der Waals surface area contributed by atoms with Gasteiger partial charge in [-0.1, -0.05) is 24.3 Å². The first-order valence-corrected chi connectivity index (χ1v) is 12.4. The average molecular weight is 539 g/mol. The zero-order valence-corrected chi connectivity index (χ0v) is 21.2. The SMILES string of the molecule is C/C=C/C=C/c1cc2cc3c(c(O)c2c(=O)[nH]1)[C@]1(CC3)C(O)=c2c(=O)c3c(=O)cc(OC)c(=O)c=3c(=O)c2=C1O. The Labute approximate surface area is 222 Å². The third-order valence-corrected chi connectivity index (χ3v) is 7.85. The summed E-state index contributed by atoms with van der Waals surface area (Å²) in [6.07, 6.45) is 7.15. The molecule has 10 heteroatoms. The van der Waals surface area contributed by atoms with Crippen molar-refractivity contribution in [3.8, 4) is 11.5 Å². The molecule has 6 rings (SSSR count). The first-order valence-electron chi connectivity index (χ1n) is 12.4. The molecule has 0 saturated heterocycles. The molecule has 4 aliphatic carbocycles. The molecule has 1 aromatic heterocycles. The minimum Gasteiger partial charge on any atom is -0.510 e. The van der Waals surface area contributed by atoms with Gasteiger partial charge in [-0.3, -0.25) is 24.0 Å². The van der Waals surface area contributed by atoms with E-state index >= 15 is 0 Å². The van der Waals surface area contributed by atoms with Gasteiger partial charge in [-0.15, -0.1) is 0 Å². The smallest absolute Gasteiger partial charge is 0.260 e. The number of nitrogens with one attached hydrogen (secondary N) is 1. The van der Waals surface area contributed by atoms with E-state index in [1.54, 1.807) is 30.4 Å². The van der Waals surface area contributed by atoms with E-state index in [-0.39, 0.29) is 23.8 Å². The Kier molecular flexibility index (Phi) is 5.24. The van der Waals surface area contributed by atoms with Crippen LogP contribution in [0, 0.1) is 10.4 Å². The van der Waals surface area contributed by atoms with Gasteiger partial charge in [0.25, 0.3) is 5.56 Å². The summed E-state index contributed by atoms with van der Waals surface area (Å²) in [7, 11) is 1.13. The molecule has 1 heterocycles. The molecule has 0 radical (unpaired) electrons. The number of aromatic nitrogens is 1. The summed E-state index contributed by atoms with van der Waals surface area (Å²) in [5.41, 5.74) is -5.79. The van der Waals surface area contributed by atoms with Crippen LogP contribution < -0.4 is 42.4 Å². The number of aromatic hydroxyl groups is 1. The number of hydrogen-bond donors (Lipinski definition) is 4. The third-order valence-electron chi connectivity index (χ3n) is 7.85. The van der Waals surface area contributed by atoms with Crippen LogP contribution in [-0.4, -0.2) is 27.4 Å². The van der Waals surface area contributed by atoms with Gasteiger partial charge in [0.2, 0.25) is 16.3 Å². The molecule has 4 aliphatic rings. The fraction of sp³-hybridized carbons (Fsp3) is 0.167. The predicted molar refractivity (Wildman–Crippen MR) is 147 cm³/mol. The van der Waals surface area contributed by atoms with Gasteiger partial charge in [0.15, 0.2) is 11.2 Å². The Morgan fingerprint density at radius 1 is 0.875 bits per heavy atom. The van der Waals surface area contributed by atoms with E-state index in [2.05, 4.69) is 4.98 Å². The number of aryl methyl sites for hydroxylation is 1. The summed E-state index contributed by atoms with van der Waals surface area (Å²) in [6, 6.07) is 4.10.